The van der Waals surface area contributed by atoms with E-state index < -0.39 is 0 Å². The fourth-order valence-electron chi connectivity index (χ4n) is 5.86. The maximum atomic E-state index is 13.5. The number of aromatic amines is 1. The zero-order valence-corrected chi connectivity index (χ0v) is 17.9. The highest BCUT2D eigenvalue weighted by atomic mass is 16.2. The second kappa shape index (κ2) is 6.88. The minimum atomic E-state index is 0.163. The molecule has 0 unspecified atom stereocenters. The van der Waals surface area contributed by atoms with Crippen LogP contribution in [0.2, 0.25) is 0 Å². The number of hydrogen-bond donors (Lipinski definition) is 1. The van der Waals surface area contributed by atoms with Gasteiger partial charge in [-0.2, -0.15) is 0 Å². The van der Waals surface area contributed by atoms with Gasteiger partial charge in [0.1, 0.15) is 5.70 Å². The molecule has 2 atom stereocenters. The molecule has 0 bridgehead atoms. The van der Waals surface area contributed by atoms with Gasteiger partial charge in [-0.1, -0.05) is 54.1 Å². The van der Waals surface area contributed by atoms with Gasteiger partial charge >= 0.3 is 0 Å². The Morgan fingerprint density at radius 3 is 2.77 bits per heavy atom. The molecule has 0 fully saturated rings. The van der Waals surface area contributed by atoms with Gasteiger partial charge in [-0.3, -0.25) is 4.79 Å². The standard InChI is InChI=1S/C27H27N3O/c1-3-13-29-16-22-21(18-10-8-17(2)9-11-18)15-24-25-20(12-14-30(24)26(22)27(29)31)19-6-4-5-7-23(19)28-25/h3-11,21,24,28H,1,12-16H2,2H3/t21-,24-/m1/s1. The first-order valence-electron chi connectivity index (χ1n) is 11.2. The van der Waals surface area contributed by atoms with Gasteiger partial charge in [-0.05, 0) is 42.5 Å². The average molecular weight is 410 g/mol. The monoisotopic (exact) mass is 409 g/mol. The lowest BCUT2D eigenvalue weighted by Gasteiger charge is -2.43. The highest BCUT2D eigenvalue weighted by Gasteiger charge is 2.46. The van der Waals surface area contributed by atoms with Crippen molar-refractivity contribution in [1.29, 1.82) is 0 Å². The molecule has 0 saturated carbocycles. The molecule has 6 rings (SSSR count). The summed E-state index contributed by atoms with van der Waals surface area (Å²) in [4.78, 5) is 21.5. The van der Waals surface area contributed by atoms with Gasteiger partial charge in [-0.15, -0.1) is 6.58 Å². The maximum absolute atomic E-state index is 13.5. The molecular weight excluding hydrogens is 382 g/mol. The number of rotatable bonds is 3. The van der Waals surface area contributed by atoms with E-state index in [4.69, 9.17) is 0 Å². The number of benzene rings is 2. The largest absolute Gasteiger partial charge is 0.358 e. The molecular formula is C27H27N3O. The summed E-state index contributed by atoms with van der Waals surface area (Å²) in [6.45, 7) is 8.20. The summed E-state index contributed by atoms with van der Waals surface area (Å²) in [5.74, 6) is 0.421. The van der Waals surface area contributed by atoms with Crippen molar-refractivity contribution in [2.75, 3.05) is 19.6 Å². The number of carbonyl (C=O) groups excluding carboxylic acids is 1. The fourth-order valence-corrected chi connectivity index (χ4v) is 5.86. The van der Waals surface area contributed by atoms with Crippen molar-refractivity contribution in [1.82, 2.24) is 14.8 Å². The molecule has 3 aromatic rings. The molecule has 1 N–H and O–H groups in total. The first kappa shape index (κ1) is 18.5. The molecule has 0 aliphatic carbocycles. The minimum absolute atomic E-state index is 0.163. The van der Waals surface area contributed by atoms with Gasteiger partial charge in [0.05, 0.1) is 6.04 Å². The summed E-state index contributed by atoms with van der Waals surface area (Å²) in [6, 6.07) is 17.7. The summed E-state index contributed by atoms with van der Waals surface area (Å²) in [7, 11) is 0. The number of para-hydroxylation sites is 1. The Kier molecular flexibility index (Phi) is 4.10. The zero-order valence-electron chi connectivity index (χ0n) is 17.9. The molecule has 0 spiro atoms. The molecule has 1 amide bonds. The molecule has 0 saturated heterocycles. The number of aromatic nitrogens is 1. The van der Waals surface area contributed by atoms with Crippen LogP contribution in [0.3, 0.4) is 0 Å². The molecule has 4 nitrogen and oxygen atoms in total. The van der Waals surface area contributed by atoms with Crippen molar-refractivity contribution in [3.63, 3.8) is 0 Å². The van der Waals surface area contributed by atoms with Crippen LogP contribution in [0.25, 0.3) is 10.9 Å². The SMILES string of the molecule is C=CCN1CC2=C(C1=O)N1CCc3c([nH]c4ccccc34)[C@H]1C[C@@H]2c1ccc(C)cc1. The molecule has 3 aliphatic heterocycles. The number of aryl methyl sites for hydroxylation is 1. The van der Waals surface area contributed by atoms with Crippen LogP contribution in [0.1, 0.15) is 40.8 Å². The van der Waals surface area contributed by atoms with Gasteiger partial charge in [0.25, 0.3) is 5.91 Å². The van der Waals surface area contributed by atoms with Crippen molar-refractivity contribution in [2.24, 2.45) is 0 Å². The van der Waals surface area contributed by atoms with Crippen LogP contribution in [0, 0.1) is 6.92 Å². The van der Waals surface area contributed by atoms with Crippen LogP contribution < -0.4 is 0 Å². The Labute approximate surface area is 182 Å². The van der Waals surface area contributed by atoms with Crippen LogP contribution in [-0.2, 0) is 11.2 Å². The Morgan fingerprint density at radius 2 is 1.97 bits per heavy atom. The summed E-state index contributed by atoms with van der Waals surface area (Å²) in [5, 5.41) is 1.33. The van der Waals surface area contributed by atoms with Crippen molar-refractivity contribution < 1.29 is 4.79 Å². The number of nitrogens with zero attached hydrogens (tertiary/aromatic N) is 2. The fraction of sp³-hybridized carbons (Fsp3) is 0.296. The number of H-pyrrole nitrogens is 1. The van der Waals surface area contributed by atoms with E-state index in [0.717, 1.165) is 25.1 Å². The smallest absolute Gasteiger partial charge is 0.270 e. The van der Waals surface area contributed by atoms with Crippen molar-refractivity contribution in [3.8, 4) is 0 Å². The van der Waals surface area contributed by atoms with E-state index in [0.29, 0.717) is 13.1 Å². The molecule has 2 aromatic carbocycles. The van der Waals surface area contributed by atoms with Gasteiger partial charge in [0.2, 0.25) is 0 Å². The lowest BCUT2D eigenvalue weighted by molar-refractivity contribution is -0.126. The van der Waals surface area contributed by atoms with Crippen LogP contribution in [0.4, 0.5) is 0 Å². The van der Waals surface area contributed by atoms with E-state index in [1.807, 2.05) is 11.0 Å². The lowest BCUT2D eigenvalue weighted by Crippen LogP contribution is -2.41. The zero-order chi connectivity index (χ0) is 21.1. The van der Waals surface area contributed by atoms with Crippen LogP contribution in [-0.4, -0.2) is 40.3 Å². The number of fused-ring (bicyclic) bond motifs is 6. The summed E-state index contributed by atoms with van der Waals surface area (Å²) in [6.07, 6.45) is 3.80. The molecule has 1 aromatic heterocycles. The Hall–Kier alpha value is -3.27. The predicted molar refractivity (Wildman–Crippen MR) is 124 cm³/mol. The molecule has 156 valence electrons. The quantitative estimate of drug-likeness (QED) is 0.629. The third-order valence-electron chi connectivity index (χ3n) is 7.31. The first-order valence-corrected chi connectivity index (χ1v) is 11.2. The van der Waals surface area contributed by atoms with E-state index in [1.165, 1.54) is 38.9 Å². The molecule has 4 heteroatoms. The van der Waals surface area contributed by atoms with Gasteiger partial charge in [-0.25, -0.2) is 0 Å². The topological polar surface area (TPSA) is 39.3 Å². The number of carbonyl (C=O) groups is 1. The Bertz CT molecular complexity index is 1230. The van der Waals surface area contributed by atoms with E-state index in [1.54, 1.807) is 0 Å². The second-order valence-electron chi connectivity index (χ2n) is 9.07. The number of nitrogens with one attached hydrogen (secondary N) is 1. The lowest BCUT2D eigenvalue weighted by atomic mass is 9.78. The number of hydrogen-bond acceptors (Lipinski definition) is 2. The van der Waals surface area contributed by atoms with Gasteiger partial charge in [0.15, 0.2) is 0 Å². The average Bonchev–Trinajstić information content (AvgIpc) is 3.32. The summed E-state index contributed by atoms with van der Waals surface area (Å²) >= 11 is 0. The maximum Gasteiger partial charge on any atom is 0.270 e. The molecule has 4 heterocycles. The minimum Gasteiger partial charge on any atom is -0.358 e. The van der Waals surface area contributed by atoms with Crippen LogP contribution in [0.15, 0.2) is 72.5 Å². The van der Waals surface area contributed by atoms with Crippen LogP contribution in [0.5, 0.6) is 0 Å². The summed E-state index contributed by atoms with van der Waals surface area (Å²) < 4.78 is 0. The van der Waals surface area contributed by atoms with Crippen molar-refractivity contribution in [3.05, 3.63) is 94.8 Å². The highest BCUT2D eigenvalue weighted by Crippen LogP contribution is 2.50. The summed E-state index contributed by atoms with van der Waals surface area (Å²) in [5.41, 5.74) is 8.73. The molecule has 3 aliphatic rings. The Balaban J connectivity index is 1.50. The first-order chi connectivity index (χ1) is 15.2. The predicted octanol–water partition coefficient (Wildman–Crippen LogP) is 4.85. The van der Waals surface area contributed by atoms with E-state index in [2.05, 4.69) is 71.9 Å². The van der Waals surface area contributed by atoms with Crippen molar-refractivity contribution >= 4 is 16.8 Å². The van der Waals surface area contributed by atoms with E-state index in [9.17, 15) is 4.79 Å². The third-order valence-corrected chi connectivity index (χ3v) is 7.31. The van der Waals surface area contributed by atoms with E-state index >= 15 is 0 Å². The molecule has 31 heavy (non-hydrogen) atoms. The third kappa shape index (κ3) is 2.71. The van der Waals surface area contributed by atoms with E-state index in [-0.39, 0.29) is 17.9 Å². The second-order valence-corrected chi connectivity index (χ2v) is 9.07. The molecule has 0 radical (unpaired) electrons. The van der Waals surface area contributed by atoms with Crippen molar-refractivity contribution in [2.45, 2.75) is 31.7 Å². The number of amides is 1. The Morgan fingerprint density at radius 1 is 1.16 bits per heavy atom. The normalized spacial score (nSPS) is 22.5. The van der Waals surface area contributed by atoms with Gasteiger partial charge in [0, 0.05) is 42.1 Å². The van der Waals surface area contributed by atoms with Gasteiger partial charge < -0.3 is 14.8 Å². The van der Waals surface area contributed by atoms with Crippen LogP contribution >= 0.6 is 0 Å². The highest BCUT2D eigenvalue weighted by molar-refractivity contribution is 5.97.